The molecule has 6 heteroatoms. The Morgan fingerprint density at radius 2 is 2.10 bits per heavy atom. The Kier molecular flexibility index (Phi) is 4.13. The van der Waals surface area contributed by atoms with Gasteiger partial charge in [0.25, 0.3) is 0 Å². The van der Waals surface area contributed by atoms with Gasteiger partial charge in [-0.2, -0.15) is 10.2 Å². The van der Waals surface area contributed by atoms with Gasteiger partial charge in [0, 0.05) is 6.42 Å². The first-order valence-corrected chi connectivity index (χ1v) is 6.20. The summed E-state index contributed by atoms with van der Waals surface area (Å²) < 4.78 is 5.75. The molecule has 0 fully saturated rings. The predicted molar refractivity (Wildman–Crippen MR) is 75.2 cm³/mol. The summed E-state index contributed by atoms with van der Waals surface area (Å²) in [5.41, 5.74) is 3.67. The van der Waals surface area contributed by atoms with Gasteiger partial charge in [-0.3, -0.25) is 0 Å². The number of benzene rings is 1. The number of para-hydroxylation sites is 1. The molecule has 0 aliphatic heterocycles. The lowest BCUT2D eigenvalue weighted by Gasteiger charge is -2.12. The van der Waals surface area contributed by atoms with Crippen LogP contribution in [0.2, 0.25) is 0 Å². The van der Waals surface area contributed by atoms with Gasteiger partial charge in [0.1, 0.15) is 23.5 Å². The Balaban J connectivity index is 2.45. The minimum Gasteiger partial charge on any atom is -0.437 e. The van der Waals surface area contributed by atoms with E-state index in [1.54, 1.807) is 31.2 Å². The first-order chi connectivity index (χ1) is 9.69. The molecule has 0 bridgehead atoms. The van der Waals surface area contributed by atoms with Gasteiger partial charge in [0.05, 0.1) is 11.1 Å². The van der Waals surface area contributed by atoms with Gasteiger partial charge >= 0.3 is 0 Å². The Labute approximate surface area is 117 Å². The molecule has 0 spiro atoms. The molecule has 102 valence electrons. The molecule has 1 aromatic carbocycles. The van der Waals surface area contributed by atoms with Crippen LogP contribution in [0.1, 0.15) is 23.9 Å². The van der Waals surface area contributed by atoms with E-state index in [4.69, 9.17) is 15.8 Å². The Morgan fingerprint density at radius 3 is 2.75 bits per heavy atom. The fourth-order valence-corrected chi connectivity index (χ4v) is 1.69. The number of anilines is 1. The van der Waals surface area contributed by atoms with Crippen LogP contribution in [0, 0.1) is 18.3 Å². The molecule has 0 saturated carbocycles. The molecular formula is C14H15N5O. The number of hydrogen-bond acceptors (Lipinski definition) is 6. The summed E-state index contributed by atoms with van der Waals surface area (Å²) >= 11 is 0. The predicted octanol–water partition coefficient (Wildman–Crippen LogP) is 2.30. The maximum Gasteiger partial charge on any atom is 0.227 e. The van der Waals surface area contributed by atoms with Crippen LogP contribution in [-0.4, -0.2) is 9.97 Å². The molecular weight excluding hydrogens is 254 g/mol. The molecule has 6 nitrogen and oxygen atoms in total. The number of nitrogen functional groups attached to an aromatic ring is 1. The van der Waals surface area contributed by atoms with Crippen molar-refractivity contribution in [3.05, 3.63) is 41.2 Å². The van der Waals surface area contributed by atoms with E-state index in [1.165, 1.54) is 0 Å². The Morgan fingerprint density at radius 1 is 1.35 bits per heavy atom. The summed E-state index contributed by atoms with van der Waals surface area (Å²) in [5, 5.41) is 9.07. The van der Waals surface area contributed by atoms with E-state index in [-0.39, 0.29) is 0 Å². The van der Waals surface area contributed by atoms with Gasteiger partial charge in [-0.15, -0.1) is 0 Å². The third-order valence-corrected chi connectivity index (χ3v) is 2.81. The van der Waals surface area contributed by atoms with Crippen molar-refractivity contribution < 1.29 is 4.74 Å². The van der Waals surface area contributed by atoms with Crippen molar-refractivity contribution >= 4 is 5.82 Å². The van der Waals surface area contributed by atoms with Gasteiger partial charge in [-0.05, 0) is 19.1 Å². The highest BCUT2D eigenvalue weighted by molar-refractivity contribution is 5.50. The molecule has 1 heterocycles. The van der Waals surface area contributed by atoms with Crippen LogP contribution in [0.5, 0.6) is 11.6 Å². The van der Waals surface area contributed by atoms with Crippen molar-refractivity contribution in [2.45, 2.75) is 20.3 Å². The van der Waals surface area contributed by atoms with Gasteiger partial charge in [0.15, 0.2) is 0 Å². The van der Waals surface area contributed by atoms with E-state index in [2.05, 4.69) is 21.5 Å². The van der Waals surface area contributed by atoms with E-state index in [9.17, 15) is 0 Å². The minimum atomic E-state index is 0.396. The molecule has 0 saturated heterocycles. The highest BCUT2D eigenvalue weighted by Crippen LogP contribution is 2.28. The molecule has 0 unspecified atom stereocenters. The summed E-state index contributed by atoms with van der Waals surface area (Å²) in [6.45, 7) is 3.75. The lowest BCUT2D eigenvalue weighted by atomic mass is 10.2. The smallest absolute Gasteiger partial charge is 0.227 e. The van der Waals surface area contributed by atoms with Crippen LogP contribution in [-0.2, 0) is 6.42 Å². The molecule has 1 aromatic heterocycles. The zero-order chi connectivity index (χ0) is 14.5. The summed E-state index contributed by atoms with van der Waals surface area (Å²) in [6.07, 6.45) is 0.658. The zero-order valence-electron chi connectivity index (χ0n) is 11.3. The number of nitrogens with zero attached hydrogens (tertiary/aromatic N) is 3. The third kappa shape index (κ3) is 2.68. The minimum absolute atomic E-state index is 0.396. The molecule has 2 aromatic rings. The van der Waals surface area contributed by atoms with Crippen LogP contribution in [0.25, 0.3) is 0 Å². The first kappa shape index (κ1) is 13.8. The second-order valence-corrected chi connectivity index (χ2v) is 4.13. The normalized spacial score (nSPS) is 9.90. The number of aryl methyl sites for hydroxylation is 1. The molecule has 0 radical (unpaired) electrons. The number of nitrogens with two attached hydrogens (primary N) is 1. The summed E-state index contributed by atoms with van der Waals surface area (Å²) in [6, 6.07) is 9.08. The Bertz CT molecular complexity index is 663. The van der Waals surface area contributed by atoms with E-state index in [0.717, 1.165) is 0 Å². The number of nitrogens with one attached hydrogen (secondary N) is 1. The molecule has 0 amide bonds. The van der Waals surface area contributed by atoms with Gasteiger partial charge in [-0.25, -0.2) is 10.8 Å². The van der Waals surface area contributed by atoms with Gasteiger partial charge < -0.3 is 10.2 Å². The highest BCUT2D eigenvalue weighted by Gasteiger charge is 2.13. The molecule has 20 heavy (non-hydrogen) atoms. The number of rotatable bonds is 4. The number of hydrazine groups is 1. The first-order valence-electron chi connectivity index (χ1n) is 6.20. The average Bonchev–Trinajstić information content (AvgIpc) is 2.49. The second kappa shape index (κ2) is 5.99. The number of ether oxygens (including phenoxy) is 1. The Hall–Kier alpha value is -2.65. The summed E-state index contributed by atoms with van der Waals surface area (Å²) in [4.78, 5) is 8.59. The van der Waals surface area contributed by atoms with Crippen molar-refractivity contribution in [3.63, 3.8) is 0 Å². The number of hydrogen-bond donors (Lipinski definition) is 2. The average molecular weight is 269 g/mol. The SMILES string of the molecule is CCc1nc(NN)c(C)c(Oc2ccccc2C#N)n1. The zero-order valence-corrected chi connectivity index (χ0v) is 11.3. The van der Waals surface area contributed by atoms with E-state index in [1.807, 2.05) is 6.92 Å². The van der Waals surface area contributed by atoms with Crippen molar-refractivity contribution in [3.8, 4) is 17.7 Å². The van der Waals surface area contributed by atoms with E-state index < -0.39 is 0 Å². The molecule has 0 aliphatic rings. The van der Waals surface area contributed by atoms with Crippen LogP contribution >= 0.6 is 0 Å². The lowest BCUT2D eigenvalue weighted by molar-refractivity contribution is 0.453. The van der Waals surface area contributed by atoms with Crippen molar-refractivity contribution in [2.24, 2.45) is 5.84 Å². The van der Waals surface area contributed by atoms with Crippen LogP contribution in [0.3, 0.4) is 0 Å². The van der Waals surface area contributed by atoms with Crippen molar-refractivity contribution in [1.29, 1.82) is 5.26 Å². The van der Waals surface area contributed by atoms with Crippen LogP contribution in [0.15, 0.2) is 24.3 Å². The standard InChI is InChI=1S/C14H15N5O/c1-3-12-17-13(19-16)9(2)14(18-12)20-11-7-5-4-6-10(11)8-15/h4-7H,3,16H2,1-2H3,(H,17,18,19). The number of aromatic nitrogens is 2. The molecule has 2 rings (SSSR count). The van der Waals surface area contributed by atoms with Crippen molar-refractivity contribution in [1.82, 2.24) is 9.97 Å². The molecule has 0 aliphatic carbocycles. The van der Waals surface area contributed by atoms with E-state index >= 15 is 0 Å². The fourth-order valence-electron chi connectivity index (χ4n) is 1.69. The summed E-state index contributed by atoms with van der Waals surface area (Å²) in [5.74, 6) is 7.43. The summed E-state index contributed by atoms with van der Waals surface area (Å²) in [7, 11) is 0. The van der Waals surface area contributed by atoms with Gasteiger partial charge in [-0.1, -0.05) is 19.1 Å². The largest absolute Gasteiger partial charge is 0.437 e. The molecule has 0 atom stereocenters. The fraction of sp³-hybridized carbons (Fsp3) is 0.214. The van der Waals surface area contributed by atoms with Crippen LogP contribution in [0.4, 0.5) is 5.82 Å². The third-order valence-electron chi connectivity index (χ3n) is 2.81. The van der Waals surface area contributed by atoms with Crippen molar-refractivity contribution in [2.75, 3.05) is 5.43 Å². The quantitative estimate of drug-likeness (QED) is 0.653. The number of nitriles is 1. The maximum atomic E-state index is 9.07. The molecule has 3 N–H and O–H groups in total. The van der Waals surface area contributed by atoms with Gasteiger partial charge in [0.2, 0.25) is 5.88 Å². The van der Waals surface area contributed by atoms with Crippen LogP contribution < -0.4 is 16.0 Å². The lowest BCUT2D eigenvalue weighted by Crippen LogP contribution is -2.13. The van der Waals surface area contributed by atoms with E-state index in [0.29, 0.717) is 40.8 Å². The maximum absolute atomic E-state index is 9.07. The monoisotopic (exact) mass is 269 g/mol. The second-order valence-electron chi connectivity index (χ2n) is 4.13. The highest BCUT2D eigenvalue weighted by atomic mass is 16.5. The topological polar surface area (TPSA) is 96.9 Å².